The summed E-state index contributed by atoms with van der Waals surface area (Å²) in [6.07, 6.45) is 2.10. The van der Waals surface area contributed by atoms with Gasteiger partial charge in [0, 0.05) is 6.42 Å². The first-order valence-corrected chi connectivity index (χ1v) is 7.04. The molecule has 0 fully saturated rings. The molecule has 2 N–H and O–H groups in total. The van der Waals surface area contributed by atoms with Crippen LogP contribution in [-0.4, -0.2) is 25.7 Å². The third-order valence-electron chi connectivity index (χ3n) is 1.73. The molecule has 0 aromatic rings. The minimum Gasteiger partial charge on any atom is -0.460 e. The van der Waals surface area contributed by atoms with Crippen molar-refractivity contribution < 1.29 is 17.9 Å². The Balaban J connectivity index is 3.57. The van der Waals surface area contributed by atoms with E-state index in [2.05, 4.69) is 0 Å². The van der Waals surface area contributed by atoms with Crippen molar-refractivity contribution in [1.29, 1.82) is 0 Å². The van der Waals surface area contributed by atoms with Crippen LogP contribution < -0.4 is 5.14 Å². The van der Waals surface area contributed by atoms with Crippen molar-refractivity contribution in [3.63, 3.8) is 0 Å². The molecular formula is C10H21NO4S. The van der Waals surface area contributed by atoms with Gasteiger partial charge in [0.15, 0.2) is 0 Å². The van der Waals surface area contributed by atoms with Gasteiger partial charge in [-0.2, -0.15) is 0 Å². The van der Waals surface area contributed by atoms with Crippen molar-refractivity contribution >= 4 is 16.0 Å². The van der Waals surface area contributed by atoms with Crippen LogP contribution in [0.25, 0.3) is 0 Å². The van der Waals surface area contributed by atoms with E-state index >= 15 is 0 Å². The van der Waals surface area contributed by atoms with E-state index in [1.807, 2.05) is 20.8 Å². The standard InChI is InChI=1S/C10H21NO4S/c1-10(2,3)15-9(12)7-5-4-6-8-16(11,13)14/h4-8H2,1-3H3,(H2,11,13,14). The van der Waals surface area contributed by atoms with Crippen molar-refractivity contribution in [3.05, 3.63) is 0 Å². The summed E-state index contributed by atoms with van der Waals surface area (Å²) < 4.78 is 26.3. The highest BCUT2D eigenvalue weighted by molar-refractivity contribution is 7.89. The lowest BCUT2D eigenvalue weighted by molar-refractivity contribution is -0.154. The molecule has 6 heteroatoms. The zero-order valence-corrected chi connectivity index (χ0v) is 11.0. The first-order chi connectivity index (χ1) is 7.10. The zero-order valence-electron chi connectivity index (χ0n) is 10.2. The molecule has 0 saturated carbocycles. The lowest BCUT2D eigenvalue weighted by Crippen LogP contribution is -2.23. The Morgan fingerprint density at radius 1 is 1.19 bits per heavy atom. The van der Waals surface area contributed by atoms with Crippen LogP contribution in [0.1, 0.15) is 46.5 Å². The molecule has 0 bridgehead atoms. The molecule has 0 aliphatic carbocycles. The normalized spacial score (nSPS) is 12.5. The lowest BCUT2D eigenvalue weighted by Gasteiger charge is -2.19. The van der Waals surface area contributed by atoms with Crippen molar-refractivity contribution in [2.24, 2.45) is 5.14 Å². The Hall–Kier alpha value is -0.620. The van der Waals surface area contributed by atoms with Gasteiger partial charge >= 0.3 is 5.97 Å². The van der Waals surface area contributed by atoms with Gasteiger partial charge in [-0.05, 0) is 33.6 Å². The first-order valence-electron chi connectivity index (χ1n) is 5.32. The van der Waals surface area contributed by atoms with Crippen LogP contribution in [0.3, 0.4) is 0 Å². The Morgan fingerprint density at radius 3 is 2.19 bits per heavy atom. The summed E-state index contributed by atoms with van der Waals surface area (Å²) >= 11 is 0. The molecule has 0 aromatic heterocycles. The topological polar surface area (TPSA) is 86.5 Å². The van der Waals surface area contributed by atoms with Gasteiger partial charge < -0.3 is 4.74 Å². The molecule has 96 valence electrons. The van der Waals surface area contributed by atoms with E-state index in [1.165, 1.54) is 0 Å². The van der Waals surface area contributed by atoms with Crippen LogP contribution in [0.2, 0.25) is 0 Å². The summed E-state index contributed by atoms with van der Waals surface area (Å²) in [4.78, 5) is 11.3. The van der Waals surface area contributed by atoms with Gasteiger partial charge in [0.05, 0.1) is 5.75 Å². The molecule has 0 rings (SSSR count). The summed E-state index contributed by atoms with van der Waals surface area (Å²) in [7, 11) is -3.37. The van der Waals surface area contributed by atoms with E-state index in [0.717, 1.165) is 0 Å². The molecule has 16 heavy (non-hydrogen) atoms. The van der Waals surface area contributed by atoms with Gasteiger partial charge in [-0.15, -0.1) is 0 Å². The van der Waals surface area contributed by atoms with E-state index in [-0.39, 0.29) is 11.7 Å². The van der Waals surface area contributed by atoms with Crippen LogP contribution in [0.15, 0.2) is 0 Å². The average Bonchev–Trinajstić information content (AvgIpc) is 1.97. The molecule has 0 radical (unpaired) electrons. The maximum atomic E-state index is 11.3. The number of carbonyl (C=O) groups is 1. The second kappa shape index (κ2) is 6.20. The Morgan fingerprint density at radius 2 is 1.75 bits per heavy atom. The molecule has 0 amide bonds. The van der Waals surface area contributed by atoms with Gasteiger partial charge in [-0.1, -0.05) is 6.42 Å². The summed E-state index contributed by atoms with van der Waals surface area (Å²) in [5, 5.41) is 4.84. The summed E-state index contributed by atoms with van der Waals surface area (Å²) in [5.41, 5.74) is -0.461. The predicted octanol–water partition coefficient (Wildman–Crippen LogP) is 1.18. The van der Waals surface area contributed by atoms with Gasteiger partial charge in [0.1, 0.15) is 5.60 Å². The molecule has 0 aromatic carbocycles. The van der Waals surface area contributed by atoms with E-state index in [4.69, 9.17) is 9.88 Å². The monoisotopic (exact) mass is 251 g/mol. The minimum absolute atomic E-state index is 0.0265. The molecular weight excluding hydrogens is 230 g/mol. The van der Waals surface area contributed by atoms with Crippen LogP contribution in [0.5, 0.6) is 0 Å². The third kappa shape index (κ3) is 11.5. The second-order valence-corrected chi connectivity index (χ2v) is 6.50. The number of hydrogen-bond acceptors (Lipinski definition) is 4. The summed E-state index contributed by atoms with van der Waals surface area (Å²) in [5.74, 6) is -0.274. The maximum Gasteiger partial charge on any atom is 0.306 e. The fourth-order valence-electron chi connectivity index (χ4n) is 1.14. The maximum absolute atomic E-state index is 11.3. The number of sulfonamides is 1. The number of esters is 1. The van der Waals surface area contributed by atoms with Crippen molar-refractivity contribution in [2.45, 2.75) is 52.1 Å². The number of nitrogens with two attached hydrogens (primary N) is 1. The van der Waals surface area contributed by atoms with Gasteiger partial charge in [-0.3, -0.25) is 4.79 Å². The Bertz CT molecular complexity index is 316. The van der Waals surface area contributed by atoms with Gasteiger partial charge in [-0.25, -0.2) is 13.6 Å². The van der Waals surface area contributed by atoms with Crippen molar-refractivity contribution in [3.8, 4) is 0 Å². The molecule has 0 atom stereocenters. The van der Waals surface area contributed by atoms with Crippen molar-refractivity contribution in [1.82, 2.24) is 0 Å². The molecule has 5 nitrogen and oxygen atoms in total. The van der Waals surface area contributed by atoms with Gasteiger partial charge in [0.25, 0.3) is 0 Å². The quantitative estimate of drug-likeness (QED) is 0.567. The van der Waals surface area contributed by atoms with Crippen LogP contribution in [0, 0.1) is 0 Å². The number of primary sulfonamides is 1. The molecule has 0 heterocycles. The molecule has 0 unspecified atom stereocenters. The number of carbonyl (C=O) groups excluding carboxylic acids is 1. The Labute approximate surface area is 97.4 Å². The van der Waals surface area contributed by atoms with E-state index in [9.17, 15) is 13.2 Å². The SMILES string of the molecule is CC(C)(C)OC(=O)CCCCCS(N)(=O)=O. The Kier molecular flexibility index (Phi) is 5.96. The smallest absolute Gasteiger partial charge is 0.306 e. The van der Waals surface area contributed by atoms with Crippen LogP contribution >= 0.6 is 0 Å². The van der Waals surface area contributed by atoms with Crippen LogP contribution in [0.4, 0.5) is 0 Å². The summed E-state index contributed by atoms with van der Waals surface area (Å²) in [6, 6.07) is 0. The van der Waals surface area contributed by atoms with Crippen molar-refractivity contribution in [2.75, 3.05) is 5.75 Å². The molecule has 0 aliphatic rings. The number of unbranched alkanes of at least 4 members (excludes halogenated alkanes) is 2. The van der Waals surface area contributed by atoms with E-state index < -0.39 is 15.6 Å². The highest BCUT2D eigenvalue weighted by atomic mass is 32.2. The number of hydrogen-bond donors (Lipinski definition) is 1. The van der Waals surface area contributed by atoms with Crippen LogP contribution in [-0.2, 0) is 19.6 Å². The van der Waals surface area contributed by atoms with E-state index in [0.29, 0.717) is 25.7 Å². The highest BCUT2D eigenvalue weighted by Crippen LogP contribution is 2.10. The second-order valence-electron chi connectivity index (χ2n) is 4.76. The number of ether oxygens (including phenoxy) is 1. The zero-order chi connectivity index (χ0) is 12.8. The molecule has 0 spiro atoms. The summed E-state index contributed by atoms with van der Waals surface area (Å²) in [6.45, 7) is 5.43. The average molecular weight is 251 g/mol. The number of rotatable bonds is 6. The molecule has 0 saturated heterocycles. The fourth-order valence-corrected chi connectivity index (χ4v) is 1.75. The third-order valence-corrected chi connectivity index (χ3v) is 2.59. The molecule has 0 aliphatic heterocycles. The highest BCUT2D eigenvalue weighted by Gasteiger charge is 2.15. The largest absolute Gasteiger partial charge is 0.460 e. The predicted molar refractivity (Wildman–Crippen MR) is 62.3 cm³/mol. The minimum atomic E-state index is -3.37. The van der Waals surface area contributed by atoms with Gasteiger partial charge in [0.2, 0.25) is 10.0 Å². The van der Waals surface area contributed by atoms with E-state index in [1.54, 1.807) is 0 Å². The fraction of sp³-hybridized carbons (Fsp3) is 0.900. The first kappa shape index (κ1) is 15.4. The lowest BCUT2D eigenvalue weighted by atomic mass is 10.2.